The summed E-state index contributed by atoms with van der Waals surface area (Å²) in [7, 11) is 0. The zero-order valence-electron chi connectivity index (χ0n) is 16.8. The normalized spacial score (nSPS) is 11.7. The minimum absolute atomic E-state index is 0.0462. The van der Waals surface area contributed by atoms with E-state index in [0.29, 0.717) is 28.9 Å². The molecule has 6 heteroatoms. The summed E-state index contributed by atoms with van der Waals surface area (Å²) in [5.74, 6) is 0.0565. The van der Waals surface area contributed by atoms with Gasteiger partial charge in [-0.05, 0) is 47.7 Å². The minimum atomic E-state index is -0.635. The van der Waals surface area contributed by atoms with E-state index >= 15 is 0 Å². The van der Waals surface area contributed by atoms with Crippen LogP contribution in [0, 0.1) is 5.92 Å². The van der Waals surface area contributed by atoms with Gasteiger partial charge in [0, 0.05) is 18.8 Å². The van der Waals surface area contributed by atoms with E-state index in [1.54, 1.807) is 36.5 Å². The van der Waals surface area contributed by atoms with Gasteiger partial charge in [0.15, 0.2) is 5.78 Å². The third-order valence-electron chi connectivity index (χ3n) is 4.43. The van der Waals surface area contributed by atoms with Crippen LogP contribution >= 0.6 is 0 Å². The van der Waals surface area contributed by atoms with Crippen LogP contribution in [0.3, 0.4) is 0 Å². The Morgan fingerprint density at radius 3 is 2.66 bits per heavy atom. The topological polar surface area (TPSA) is 85.7 Å². The molecule has 2 rings (SSSR count). The molecule has 0 amide bonds. The van der Waals surface area contributed by atoms with Crippen LogP contribution in [0.15, 0.2) is 60.9 Å². The third-order valence-corrected chi connectivity index (χ3v) is 4.43. The molecule has 0 saturated carbocycles. The van der Waals surface area contributed by atoms with E-state index in [4.69, 9.17) is 14.6 Å². The fraction of sp³-hybridized carbons (Fsp3) is 0.348. The summed E-state index contributed by atoms with van der Waals surface area (Å²) < 4.78 is 11.2. The van der Waals surface area contributed by atoms with Gasteiger partial charge >= 0.3 is 5.97 Å². The molecule has 0 unspecified atom stereocenters. The lowest BCUT2D eigenvalue weighted by Gasteiger charge is -2.19. The third kappa shape index (κ3) is 6.84. The van der Waals surface area contributed by atoms with E-state index in [1.165, 1.54) is 6.20 Å². The van der Waals surface area contributed by atoms with Crippen LogP contribution in [0.5, 0.6) is 5.75 Å². The van der Waals surface area contributed by atoms with Crippen LogP contribution in [-0.4, -0.2) is 35.1 Å². The highest BCUT2D eigenvalue weighted by molar-refractivity contribution is 5.95. The van der Waals surface area contributed by atoms with Gasteiger partial charge in [0.2, 0.25) is 0 Å². The fourth-order valence-corrected chi connectivity index (χ4v) is 2.69. The highest BCUT2D eigenvalue weighted by Crippen LogP contribution is 2.28. The van der Waals surface area contributed by atoms with E-state index in [0.717, 1.165) is 0 Å². The molecule has 0 aliphatic rings. The number of esters is 1. The summed E-state index contributed by atoms with van der Waals surface area (Å²) >= 11 is 0. The first-order valence-electron chi connectivity index (χ1n) is 9.59. The molecule has 2 aromatic rings. The number of ketones is 1. The molecule has 1 aromatic carbocycles. The number of hydrogen-bond donors (Lipinski definition) is 1. The van der Waals surface area contributed by atoms with Crippen molar-refractivity contribution in [2.45, 2.75) is 32.8 Å². The molecular formula is C23H27NO5. The Bertz CT molecular complexity index is 832. The van der Waals surface area contributed by atoms with Crippen molar-refractivity contribution in [2.24, 2.45) is 5.92 Å². The largest absolute Gasteiger partial charge is 0.491 e. The lowest BCUT2D eigenvalue weighted by atomic mass is 9.95. The number of allylic oxidation sites excluding steroid dienone is 1. The molecule has 0 aliphatic carbocycles. The molecule has 0 saturated heterocycles. The van der Waals surface area contributed by atoms with E-state index in [2.05, 4.69) is 11.6 Å². The Kier molecular flexibility index (Phi) is 8.55. The summed E-state index contributed by atoms with van der Waals surface area (Å²) in [6, 6.07) is 10.4. The Hall–Kier alpha value is -2.99. The highest BCUT2D eigenvalue weighted by atomic mass is 16.5. The van der Waals surface area contributed by atoms with Gasteiger partial charge in [-0.3, -0.25) is 9.78 Å². The second-order valence-electron chi connectivity index (χ2n) is 6.92. The molecule has 1 aromatic heterocycles. The smallest absolute Gasteiger partial charge is 0.340 e. The van der Waals surface area contributed by atoms with Gasteiger partial charge in [-0.25, -0.2) is 4.79 Å². The number of ether oxygens (including phenoxy) is 2. The number of pyridine rings is 1. The number of aliphatic hydroxyl groups excluding tert-OH is 1. The average molecular weight is 397 g/mol. The van der Waals surface area contributed by atoms with Gasteiger partial charge in [0.25, 0.3) is 0 Å². The predicted molar refractivity (Wildman–Crippen MR) is 110 cm³/mol. The maximum atomic E-state index is 12.5. The number of nitrogens with zero attached hydrogens (tertiary/aromatic N) is 1. The van der Waals surface area contributed by atoms with Crippen LogP contribution in [0.2, 0.25) is 0 Å². The monoisotopic (exact) mass is 397 g/mol. The predicted octanol–water partition coefficient (Wildman–Crippen LogP) is 3.91. The molecule has 0 radical (unpaired) electrons. The summed E-state index contributed by atoms with van der Waals surface area (Å²) in [5.41, 5.74) is 1.60. The van der Waals surface area contributed by atoms with Gasteiger partial charge in [-0.15, -0.1) is 0 Å². The van der Waals surface area contributed by atoms with Crippen LogP contribution in [0.4, 0.5) is 0 Å². The minimum Gasteiger partial charge on any atom is -0.491 e. The van der Waals surface area contributed by atoms with Gasteiger partial charge in [-0.2, -0.15) is 0 Å². The summed E-state index contributed by atoms with van der Waals surface area (Å²) in [4.78, 5) is 28.9. The van der Waals surface area contributed by atoms with Crippen molar-refractivity contribution >= 4 is 11.8 Å². The molecule has 0 aliphatic heterocycles. The van der Waals surface area contributed by atoms with Crippen molar-refractivity contribution in [3.8, 4) is 5.75 Å². The average Bonchev–Trinajstić information content (AvgIpc) is 2.74. The van der Waals surface area contributed by atoms with Crippen molar-refractivity contribution in [3.05, 3.63) is 72.1 Å². The van der Waals surface area contributed by atoms with Crippen molar-refractivity contribution in [1.82, 2.24) is 4.98 Å². The quantitative estimate of drug-likeness (QED) is 0.457. The standard InChI is InChI=1S/C23H27NO5/c1-16(2)17(3)21(26)9-10-22(29-23(27)19-7-5-11-24-15-19)18-6-4-8-20(14-18)28-13-12-25/h4-8,11,14-16,22,25H,3,9-10,12-13H2,1-2H3/t22-/m0/s1. The second kappa shape index (κ2) is 11.1. The molecule has 154 valence electrons. The summed E-state index contributed by atoms with van der Waals surface area (Å²) in [5, 5.41) is 8.95. The lowest BCUT2D eigenvalue weighted by Crippen LogP contribution is -2.15. The first-order valence-corrected chi connectivity index (χ1v) is 9.59. The van der Waals surface area contributed by atoms with Crippen molar-refractivity contribution in [3.63, 3.8) is 0 Å². The molecule has 1 N–H and O–H groups in total. The number of aliphatic hydroxyl groups is 1. The number of hydrogen-bond acceptors (Lipinski definition) is 6. The molecule has 0 spiro atoms. The van der Waals surface area contributed by atoms with Gasteiger partial charge in [-0.1, -0.05) is 32.6 Å². The van der Waals surface area contributed by atoms with E-state index in [-0.39, 0.29) is 31.3 Å². The maximum absolute atomic E-state index is 12.5. The summed E-state index contributed by atoms with van der Waals surface area (Å²) in [6.07, 6.45) is 2.91. The van der Waals surface area contributed by atoms with Crippen LogP contribution in [-0.2, 0) is 9.53 Å². The zero-order chi connectivity index (χ0) is 21.2. The van der Waals surface area contributed by atoms with E-state index in [9.17, 15) is 9.59 Å². The van der Waals surface area contributed by atoms with Gasteiger partial charge < -0.3 is 14.6 Å². The highest BCUT2D eigenvalue weighted by Gasteiger charge is 2.21. The molecule has 6 nitrogen and oxygen atoms in total. The molecule has 29 heavy (non-hydrogen) atoms. The Balaban J connectivity index is 2.19. The van der Waals surface area contributed by atoms with Crippen LogP contribution < -0.4 is 4.74 Å². The number of aromatic nitrogens is 1. The second-order valence-corrected chi connectivity index (χ2v) is 6.92. The first kappa shape index (κ1) is 22.3. The van der Waals surface area contributed by atoms with Crippen LogP contribution in [0.1, 0.15) is 48.7 Å². The Morgan fingerprint density at radius 1 is 1.21 bits per heavy atom. The molecular weight excluding hydrogens is 370 g/mol. The fourth-order valence-electron chi connectivity index (χ4n) is 2.69. The number of carbonyl (C=O) groups is 2. The van der Waals surface area contributed by atoms with Crippen LogP contribution in [0.25, 0.3) is 0 Å². The maximum Gasteiger partial charge on any atom is 0.340 e. The van der Waals surface area contributed by atoms with E-state index in [1.807, 2.05) is 19.9 Å². The number of rotatable bonds is 11. The van der Waals surface area contributed by atoms with E-state index < -0.39 is 12.1 Å². The first-order chi connectivity index (χ1) is 13.9. The van der Waals surface area contributed by atoms with Crippen molar-refractivity contribution < 1.29 is 24.2 Å². The Labute approximate surface area is 171 Å². The molecule has 0 bridgehead atoms. The molecule has 1 atom stereocenters. The van der Waals surface area contributed by atoms with Gasteiger partial charge in [0.1, 0.15) is 18.5 Å². The van der Waals surface area contributed by atoms with Crippen molar-refractivity contribution in [1.29, 1.82) is 0 Å². The Morgan fingerprint density at radius 2 is 2.00 bits per heavy atom. The SMILES string of the molecule is C=C(C(=O)CC[C@H](OC(=O)c1cccnc1)c1cccc(OCCO)c1)C(C)C. The lowest BCUT2D eigenvalue weighted by molar-refractivity contribution is -0.116. The number of carbonyl (C=O) groups excluding carboxylic acids is 2. The molecule has 0 fully saturated rings. The number of Topliss-reactive ketones (excluding diaryl/α,β-unsaturated/α-hetero) is 1. The summed E-state index contributed by atoms with van der Waals surface area (Å²) in [6.45, 7) is 7.75. The van der Waals surface area contributed by atoms with Crippen molar-refractivity contribution in [2.75, 3.05) is 13.2 Å². The molecule has 1 heterocycles. The zero-order valence-corrected chi connectivity index (χ0v) is 16.8. The van der Waals surface area contributed by atoms with Gasteiger partial charge in [0.05, 0.1) is 12.2 Å². The number of benzene rings is 1.